The minimum Gasteiger partial charge on any atom is -0.493 e. The van der Waals surface area contributed by atoms with Gasteiger partial charge in [-0.25, -0.2) is 9.78 Å². The average molecular weight is 391 g/mol. The number of aliphatic carboxylic acids is 1. The van der Waals surface area contributed by atoms with Crippen molar-refractivity contribution in [1.82, 2.24) is 4.98 Å². The van der Waals surface area contributed by atoms with E-state index in [1.165, 1.54) is 29.0 Å². The van der Waals surface area contributed by atoms with Crippen molar-refractivity contribution in [3.63, 3.8) is 0 Å². The second kappa shape index (κ2) is 8.32. The third-order valence-electron chi connectivity index (χ3n) is 5.16. The number of rotatable bonds is 8. The highest BCUT2D eigenvalue weighted by molar-refractivity contribution is 6.03. The summed E-state index contributed by atoms with van der Waals surface area (Å²) in [5.74, 6) is -0.204. The summed E-state index contributed by atoms with van der Waals surface area (Å²) in [5, 5.41) is 11.5. The van der Waals surface area contributed by atoms with Crippen LogP contribution < -0.4 is 9.72 Å². The van der Waals surface area contributed by atoms with Gasteiger partial charge in [0.15, 0.2) is 18.5 Å². The summed E-state index contributed by atoms with van der Waals surface area (Å²) in [6.07, 6.45) is 6.17. The van der Waals surface area contributed by atoms with Crippen LogP contribution in [0.1, 0.15) is 11.1 Å². The number of nitrogens with one attached hydrogen (secondary N) is 2. The van der Waals surface area contributed by atoms with E-state index in [2.05, 4.69) is 22.1 Å². The van der Waals surface area contributed by atoms with Crippen molar-refractivity contribution in [1.29, 1.82) is 0 Å². The number of carboxylic acids is 1. The van der Waals surface area contributed by atoms with Crippen LogP contribution in [0.5, 0.6) is 5.75 Å². The maximum absolute atomic E-state index is 11.1. The first kappa shape index (κ1) is 19.0. The number of carboxylic acid groups (broad SMARTS) is 1. The van der Waals surface area contributed by atoms with Crippen molar-refractivity contribution >= 4 is 16.7 Å². The largest absolute Gasteiger partial charge is 0.493 e. The monoisotopic (exact) mass is 391 g/mol. The summed E-state index contributed by atoms with van der Waals surface area (Å²) < 4.78 is 10.9. The molecular formula is C23H23N2O4+. The Balaban J connectivity index is 1.44. The van der Waals surface area contributed by atoms with Gasteiger partial charge in [0.1, 0.15) is 5.75 Å². The van der Waals surface area contributed by atoms with E-state index in [1.807, 2.05) is 48.9 Å². The number of aromatic amines is 2. The van der Waals surface area contributed by atoms with Crippen molar-refractivity contribution < 1.29 is 24.4 Å². The molecule has 1 aromatic heterocycles. The molecule has 0 saturated heterocycles. The minimum absolute atomic E-state index is 0.323. The Morgan fingerprint density at radius 3 is 2.76 bits per heavy atom. The Morgan fingerprint density at radius 2 is 2.00 bits per heavy atom. The van der Waals surface area contributed by atoms with Crippen LogP contribution in [0.2, 0.25) is 0 Å². The molecule has 6 nitrogen and oxygen atoms in total. The van der Waals surface area contributed by atoms with Crippen molar-refractivity contribution in [3.8, 4) is 17.0 Å². The van der Waals surface area contributed by atoms with E-state index in [9.17, 15) is 4.79 Å². The fraction of sp³-hybridized carbons (Fsp3) is 0.217. The maximum Gasteiger partial charge on any atom is 0.333 e. The van der Waals surface area contributed by atoms with Crippen LogP contribution in [-0.4, -0.2) is 35.9 Å². The van der Waals surface area contributed by atoms with E-state index in [0.29, 0.717) is 13.0 Å². The van der Waals surface area contributed by atoms with Crippen LogP contribution in [-0.2, 0) is 22.4 Å². The zero-order valence-electron chi connectivity index (χ0n) is 16.1. The second-order valence-electron chi connectivity index (χ2n) is 6.92. The number of benzene rings is 1. The molecule has 1 unspecified atom stereocenters. The molecule has 0 bridgehead atoms. The standard InChI is InChI=1S/C23H22N2O4/c1-28-21(23(26)27)13-15-4-6-16(7-5-15)29-12-9-19-20-14-24-11-8-17(20)18-3-2-10-25-22(18)19/h2-8,10-11,14,21,25H,9,12-13H2,1H3,(H,26,27)/p+1. The molecule has 1 aliphatic carbocycles. The predicted octanol–water partition coefficient (Wildman–Crippen LogP) is 3.35. The first-order valence-electron chi connectivity index (χ1n) is 9.52. The van der Waals surface area contributed by atoms with E-state index in [4.69, 9.17) is 14.6 Å². The molecule has 0 saturated carbocycles. The molecule has 0 fully saturated rings. The fourth-order valence-corrected chi connectivity index (χ4v) is 3.70. The third kappa shape index (κ3) is 3.93. The van der Waals surface area contributed by atoms with E-state index in [0.717, 1.165) is 23.4 Å². The van der Waals surface area contributed by atoms with Crippen molar-refractivity contribution in [2.45, 2.75) is 18.9 Å². The molecule has 2 aliphatic rings. The maximum atomic E-state index is 11.1. The van der Waals surface area contributed by atoms with Gasteiger partial charge in [0.2, 0.25) is 0 Å². The molecule has 1 aromatic carbocycles. The lowest BCUT2D eigenvalue weighted by Gasteiger charge is -2.11. The number of H-pyrrole nitrogens is 2. The fourth-order valence-electron chi connectivity index (χ4n) is 3.70. The van der Waals surface area contributed by atoms with E-state index >= 15 is 0 Å². The van der Waals surface area contributed by atoms with Crippen LogP contribution >= 0.6 is 0 Å². The first-order valence-corrected chi connectivity index (χ1v) is 9.52. The van der Waals surface area contributed by atoms with Gasteiger partial charge in [-0.3, -0.25) is 0 Å². The summed E-state index contributed by atoms with van der Waals surface area (Å²) in [7, 11) is 1.41. The molecule has 0 radical (unpaired) electrons. The summed E-state index contributed by atoms with van der Waals surface area (Å²) in [5.41, 5.74) is 4.47. The van der Waals surface area contributed by atoms with Crippen molar-refractivity contribution in [2.24, 2.45) is 0 Å². The lowest BCUT2D eigenvalue weighted by atomic mass is 10.1. The van der Waals surface area contributed by atoms with Gasteiger partial charge in [-0.2, -0.15) is 0 Å². The highest BCUT2D eigenvalue weighted by Crippen LogP contribution is 2.36. The summed E-state index contributed by atoms with van der Waals surface area (Å²) >= 11 is 0. The van der Waals surface area contributed by atoms with Crippen LogP contribution in [0, 0.1) is 0 Å². The molecular weight excluding hydrogens is 368 g/mol. The first-order chi connectivity index (χ1) is 14.2. The van der Waals surface area contributed by atoms with Gasteiger partial charge in [0.25, 0.3) is 0 Å². The minimum atomic E-state index is -0.962. The Bertz CT molecular complexity index is 1090. The van der Waals surface area contributed by atoms with Crippen LogP contribution in [0.15, 0.2) is 61.1 Å². The Labute approximate surface area is 168 Å². The second-order valence-corrected chi connectivity index (χ2v) is 6.92. The summed E-state index contributed by atoms with van der Waals surface area (Å²) in [6.45, 7) is 0.543. The molecule has 6 heteroatoms. The molecule has 3 N–H and O–H groups in total. The number of hydrogen-bond acceptors (Lipinski definition) is 3. The molecule has 29 heavy (non-hydrogen) atoms. The average Bonchev–Trinajstić information content (AvgIpc) is 3.07. The molecule has 0 spiro atoms. The van der Waals surface area contributed by atoms with Crippen molar-refractivity contribution in [3.05, 3.63) is 72.2 Å². The van der Waals surface area contributed by atoms with Gasteiger partial charge < -0.3 is 19.6 Å². The zero-order chi connectivity index (χ0) is 20.2. The Morgan fingerprint density at radius 1 is 1.17 bits per heavy atom. The lowest BCUT2D eigenvalue weighted by molar-refractivity contribution is -0.375. The van der Waals surface area contributed by atoms with Gasteiger partial charge in [0, 0.05) is 43.2 Å². The highest BCUT2D eigenvalue weighted by atomic mass is 16.5. The number of carbonyl (C=O) groups is 1. The topological polar surface area (TPSA) is 85.7 Å². The number of methoxy groups -OCH3 is 1. The number of hydrogen-bond donors (Lipinski definition) is 2. The zero-order valence-corrected chi connectivity index (χ0v) is 16.1. The molecule has 2 aromatic rings. The molecule has 0 amide bonds. The van der Waals surface area contributed by atoms with Gasteiger partial charge in [0.05, 0.1) is 17.7 Å². The smallest absolute Gasteiger partial charge is 0.333 e. The van der Waals surface area contributed by atoms with Gasteiger partial charge in [-0.05, 0) is 29.3 Å². The number of fused-ring (bicyclic) bond motifs is 3. The van der Waals surface area contributed by atoms with Crippen LogP contribution in [0.25, 0.3) is 22.0 Å². The normalized spacial score (nSPS) is 12.3. The molecule has 4 rings (SSSR count). The Kier molecular flexibility index (Phi) is 5.44. The number of ether oxygens (including phenoxy) is 2. The van der Waals surface area contributed by atoms with Crippen LogP contribution in [0.4, 0.5) is 0 Å². The quantitative estimate of drug-likeness (QED) is 0.482. The SMILES string of the molecule is COC(Cc1ccc(OCCc2c3[nH]cccc-3c3cc[nH+]cc23)cc1)C(=O)O. The molecule has 2 heterocycles. The lowest BCUT2D eigenvalue weighted by Crippen LogP contribution is -2.24. The van der Waals surface area contributed by atoms with E-state index in [-0.39, 0.29) is 0 Å². The third-order valence-corrected chi connectivity index (χ3v) is 5.16. The van der Waals surface area contributed by atoms with Gasteiger partial charge >= 0.3 is 5.97 Å². The Hall–Kier alpha value is -3.38. The number of pyridine rings is 2. The predicted molar refractivity (Wildman–Crippen MR) is 109 cm³/mol. The van der Waals surface area contributed by atoms with Crippen molar-refractivity contribution in [2.75, 3.05) is 13.7 Å². The molecule has 1 aliphatic heterocycles. The van der Waals surface area contributed by atoms with E-state index in [1.54, 1.807) is 0 Å². The summed E-state index contributed by atoms with van der Waals surface area (Å²) in [6, 6.07) is 13.7. The number of aromatic nitrogens is 2. The van der Waals surface area contributed by atoms with E-state index < -0.39 is 12.1 Å². The molecule has 1 atom stereocenters. The van der Waals surface area contributed by atoms with Crippen LogP contribution in [0.3, 0.4) is 0 Å². The van der Waals surface area contributed by atoms with Gasteiger partial charge in [-0.15, -0.1) is 0 Å². The summed E-state index contributed by atoms with van der Waals surface area (Å²) in [4.78, 5) is 17.6. The van der Waals surface area contributed by atoms with Gasteiger partial charge in [-0.1, -0.05) is 18.2 Å². The highest BCUT2D eigenvalue weighted by Gasteiger charge is 2.19. The molecule has 148 valence electrons.